The molecule has 3 aromatic heterocycles. The van der Waals surface area contributed by atoms with Gasteiger partial charge in [0.05, 0.1) is 11.4 Å². The highest BCUT2D eigenvalue weighted by Gasteiger charge is 2.10. The van der Waals surface area contributed by atoms with Crippen molar-refractivity contribution in [3.63, 3.8) is 0 Å². The SMILES string of the molecule is Cc1csc(NC(=O)CSc2n[nH]c(Cc3cccs3)n2)n1. The van der Waals surface area contributed by atoms with E-state index in [-0.39, 0.29) is 11.7 Å². The van der Waals surface area contributed by atoms with Gasteiger partial charge in [-0.05, 0) is 18.4 Å². The molecular weight excluding hydrogens is 338 g/mol. The van der Waals surface area contributed by atoms with Gasteiger partial charge in [0.1, 0.15) is 5.82 Å². The van der Waals surface area contributed by atoms with Crippen LogP contribution in [0.25, 0.3) is 0 Å². The first kappa shape index (κ1) is 15.2. The average Bonchev–Trinajstić information content (AvgIpc) is 3.21. The molecule has 2 N–H and O–H groups in total. The van der Waals surface area contributed by atoms with Gasteiger partial charge in [-0.2, -0.15) is 0 Å². The fraction of sp³-hybridized carbons (Fsp3) is 0.231. The molecule has 0 saturated carbocycles. The summed E-state index contributed by atoms with van der Waals surface area (Å²) in [6, 6.07) is 4.07. The summed E-state index contributed by atoms with van der Waals surface area (Å²) in [6.07, 6.45) is 0.732. The first-order valence-electron chi connectivity index (χ1n) is 6.47. The highest BCUT2D eigenvalue weighted by atomic mass is 32.2. The molecule has 0 spiro atoms. The number of aromatic amines is 1. The number of rotatable bonds is 6. The van der Waals surface area contributed by atoms with Gasteiger partial charge in [0.2, 0.25) is 11.1 Å². The maximum absolute atomic E-state index is 11.8. The molecule has 0 aromatic carbocycles. The van der Waals surface area contributed by atoms with Crippen molar-refractivity contribution in [2.24, 2.45) is 0 Å². The Hall–Kier alpha value is -1.71. The Balaban J connectivity index is 1.49. The number of thiophene rings is 1. The van der Waals surface area contributed by atoms with Crippen LogP contribution in [0.15, 0.2) is 28.0 Å². The van der Waals surface area contributed by atoms with Crippen molar-refractivity contribution in [2.75, 3.05) is 11.1 Å². The zero-order chi connectivity index (χ0) is 15.4. The van der Waals surface area contributed by atoms with Gasteiger partial charge in [0.15, 0.2) is 5.13 Å². The maximum Gasteiger partial charge on any atom is 0.236 e. The van der Waals surface area contributed by atoms with Crippen LogP contribution in [0, 0.1) is 6.92 Å². The quantitative estimate of drug-likeness (QED) is 0.667. The zero-order valence-electron chi connectivity index (χ0n) is 11.7. The number of nitrogens with one attached hydrogen (secondary N) is 2. The molecule has 0 fully saturated rings. The number of nitrogens with zero attached hydrogens (tertiary/aromatic N) is 3. The van der Waals surface area contributed by atoms with Gasteiger partial charge in [-0.25, -0.2) is 9.97 Å². The van der Waals surface area contributed by atoms with Crippen molar-refractivity contribution < 1.29 is 4.79 Å². The van der Waals surface area contributed by atoms with E-state index in [1.54, 1.807) is 11.3 Å². The normalized spacial score (nSPS) is 10.8. The molecule has 22 heavy (non-hydrogen) atoms. The fourth-order valence-corrected chi connectivity index (χ4v) is 3.73. The lowest BCUT2D eigenvalue weighted by Gasteiger charge is -1.98. The minimum Gasteiger partial charge on any atom is -0.301 e. The van der Waals surface area contributed by atoms with Crippen molar-refractivity contribution >= 4 is 45.5 Å². The topological polar surface area (TPSA) is 83.6 Å². The molecule has 0 aliphatic carbocycles. The minimum atomic E-state index is -0.107. The predicted octanol–water partition coefficient (Wildman–Crippen LogP) is 2.95. The lowest BCUT2D eigenvalue weighted by Crippen LogP contribution is -2.13. The van der Waals surface area contributed by atoms with Crippen LogP contribution >= 0.6 is 34.4 Å². The molecule has 9 heteroatoms. The molecule has 0 bridgehead atoms. The van der Waals surface area contributed by atoms with Crippen LogP contribution in [-0.4, -0.2) is 31.8 Å². The number of thioether (sulfide) groups is 1. The summed E-state index contributed by atoms with van der Waals surface area (Å²) in [6.45, 7) is 1.89. The predicted molar refractivity (Wildman–Crippen MR) is 89.7 cm³/mol. The molecule has 0 aliphatic rings. The molecule has 0 aliphatic heterocycles. The maximum atomic E-state index is 11.8. The molecule has 3 heterocycles. The Morgan fingerprint density at radius 3 is 3.05 bits per heavy atom. The van der Waals surface area contributed by atoms with Crippen LogP contribution in [0.2, 0.25) is 0 Å². The highest BCUT2D eigenvalue weighted by molar-refractivity contribution is 7.99. The molecule has 0 radical (unpaired) electrons. The Morgan fingerprint density at radius 1 is 1.41 bits per heavy atom. The summed E-state index contributed by atoms with van der Waals surface area (Å²) >= 11 is 4.40. The number of hydrogen-bond acceptors (Lipinski definition) is 7. The van der Waals surface area contributed by atoms with Crippen molar-refractivity contribution in [3.05, 3.63) is 39.3 Å². The van der Waals surface area contributed by atoms with E-state index in [9.17, 15) is 4.79 Å². The Kier molecular flexibility index (Phi) is 4.86. The number of carbonyl (C=O) groups is 1. The third-order valence-electron chi connectivity index (χ3n) is 2.63. The van der Waals surface area contributed by atoms with Crippen LogP contribution in [0.4, 0.5) is 5.13 Å². The standard InChI is InChI=1S/C13H13N5OS3/c1-8-6-21-12(14-8)16-11(19)7-22-13-15-10(17-18-13)5-9-3-2-4-20-9/h2-4,6H,5,7H2,1H3,(H,14,16,19)(H,15,17,18). The highest BCUT2D eigenvalue weighted by Crippen LogP contribution is 2.18. The number of amides is 1. The number of hydrogen-bond donors (Lipinski definition) is 2. The molecular formula is C13H13N5OS3. The van der Waals surface area contributed by atoms with Gasteiger partial charge in [0, 0.05) is 16.7 Å². The smallest absolute Gasteiger partial charge is 0.236 e. The molecule has 3 rings (SSSR count). The van der Waals surface area contributed by atoms with Crippen LogP contribution in [-0.2, 0) is 11.2 Å². The first-order valence-corrected chi connectivity index (χ1v) is 9.22. The summed E-state index contributed by atoms with van der Waals surface area (Å²) in [5, 5.41) is 14.9. The summed E-state index contributed by atoms with van der Waals surface area (Å²) in [4.78, 5) is 21.6. The number of carbonyl (C=O) groups excluding carboxylic acids is 1. The molecule has 6 nitrogen and oxygen atoms in total. The summed E-state index contributed by atoms with van der Waals surface area (Å²) in [5.74, 6) is 0.958. The van der Waals surface area contributed by atoms with Crippen molar-refractivity contribution in [2.45, 2.75) is 18.5 Å². The van der Waals surface area contributed by atoms with Gasteiger partial charge >= 0.3 is 0 Å². The van der Waals surface area contributed by atoms with Gasteiger partial charge in [-0.15, -0.1) is 27.8 Å². The van der Waals surface area contributed by atoms with Crippen LogP contribution in [0.5, 0.6) is 0 Å². The monoisotopic (exact) mass is 351 g/mol. The van der Waals surface area contributed by atoms with E-state index in [1.165, 1.54) is 28.0 Å². The Bertz CT molecular complexity index is 749. The summed E-state index contributed by atoms with van der Waals surface area (Å²) < 4.78 is 0. The number of anilines is 1. The number of aromatic nitrogens is 4. The van der Waals surface area contributed by atoms with Gasteiger partial charge in [0.25, 0.3) is 0 Å². The van der Waals surface area contributed by atoms with Crippen molar-refractivity contribution in [3.8, 4) is 0 Å². The van der Waals surface area contributed by atoms with Crippen molar-refractivity contribution in [1.29, 1.82) is 0 Å². The van der Waals surface area contributed by atoms with Crippen LogP contribution in [0.1, 0.15) is 16.4 Å². The van der Waals surface area contributed by atoms with E-state index >= 15 is 0 Å². The second kappa shape index (κ2) is 7.03. The molecule has 3 aromatic rings. The third-order valence-corrected chi connectivity index (χ3v) is 5.23. The lowest BCUT2D eigenvalue weighted by atomic mass is 10.3. The molecule has 0 unspecified atom stereocenters. The average molecular weight is 351 g/mol. The van der Waals surface area contributed by atoms with E-state index in [1.807, 2.05) is 23.8 Å². The zero-order valence-corrected chi connectivity index (χ0v) is 14.1. The fourth-order valence-electron chi connectivity index (χ4n) is 1.70. The molecule has 0 saturated heterocycles. The molecule has 1 amide bonds. The van der Waals surface area contributed by atoms with Crippen LogP contribution < -0.4 is 5.32 Å². The van der Waals surface area contributed by atoms with Crippen LogP contribution in [0.3, 0.4) is 0 Å². The van der Waals surface area contributed by atoms with Gasteiger partial charge in [-0.1, -0.05) is 17.8 Å². The number of H-pyrrole nitrogens is 1. The first-order chi connectivity index (χ1) is 10.7. The number of thiazole rings is 1. The Labute approximate surface area is 139 Å². The van der Waals surface area contributed by atoms with E-state index in [2.05, 4.69) is 31.5 Å². The third kappa shape index (κ3) is 4.15. The number of aryl methyl sites for hydroxylation is 1. The summed E-state index contributed by atoms with van der Waals surface area (Å²) in [5.41, 5.74) is 0.903. The largest absolute Gasteiger partial charge is 0.301 e. The summed E-state index contributed by atoms with van der Waals surface area (Å²) in [7, 11) is 0. The Morgan fingerprint density at radius 2 is 2.32 bits per heavy atom. The lowest BCUT2D eigenvalue weighted by molar-refractivity contribution is -0.113. The molecule has 114 valence electrons. The van der Waals surface area contributed by atoms with Gasteiger partial charge < -0.3 is 5.32 Å². The second-order valence-corrected chi connectivity index (χ2v) is 7.28. The second-order valence-electron chi connectivity index (χ2n) is 4.45. The van der Waals surface area contributed by atoms with E-state index in [0.717, 1.165) is 17.9 Å². The minimum absolute atomic E-state index is 0.107. The van der Waals surface area contributed by atoms with E-state index < -0.39 is 0 Å². The van der Waals surface area contributed by atoms with E-state index in [0.29, 0.717) is 10.3 Å². The van der Waals surface area contributed by atoms with Crippen molar-refractivity contribution in [1.82, 2.24) is 20.2 Å². The van der Waals surface area contributed by atoms with E-state index in [4.69, 9.17) is 0 Å². The van der Waals surface area contributed by atoms with Gasteiger partial charge in [-0.3, -0.25) is 9.89 Å². The molecule has 0 atom stereocenters.